The second-order valence-corrected chi connectivity index (χ2v) is 19.4. The van der Waals surface area contributed by atoms with Gasteiger partial charge in [0.05, 0.1) is 37.3 Å². The summed E-state index contributed by atoms with van der Waals surface area (Å²) >= 11 is 18.4. The number of halogens is 11. The molecule has 0 aromatic heterocycles. The highest BCUT2D eigenvalue weighted by atomic mass is 79.9. The average molecular weight is 1370 g/mol. The molecule has 4 amide bonds. The van der Waals surface area contributed by atoms with Crippen molar-refractivity contribution < 1.29 is 83.6 Å². The summed E-state index contributed by atoms with van der Waals surface area (Å²) in [5.41, 5.74) is 0.450. The van der Waals surface area contributed by atoms with Crippen molar-refractivity contribution in [3.05, 3.63) is 142 Å². The van der Waals surface area contributed by atoms with Crippen LogP contribution in [0.4, 0.5) is 26.3 Å². The monoisotopic (exact) mass is 1370 g/mol. The van der Waals surface area contributed by atoms with Gasteiger partial charge in [0.25, 0.3) is 0 Å². The predicted octanol–water partition coefficient (Wildman–Crippen LogP) is 9.90. The Labute approximate surface area is 478 Å². The summed E-state index contributed by atoms with van der Waals surface area (Å²) in [6.07, 6.45) is -8.89. The molecule has 4 N–H and O–H groups in total. The van der Waals surface area contributed by atoms with Gasteiger partial charge in [0, 0.05) is 32.7 Å². The minimum absolute atomic E-state index is 0.0127. The SMILES string of the molecule is CC(=O)NCCOC(=O)C(Br)c1ccc(C(F)(F)F)cc1.CC(=O)NCCOC(=O)C(Br)c1cccc(C(F)(F)F)c1.CC(=O)NCCOC(=O)C(Br)c1cccc(Cl)c1.CC(=O)NCCOC(=O)C(Br)c1ccccc1. The standard InChI is InChI=1S/2C13H13BrF3NO3.C12H13BrClNO3.C12H14BrNO3/c1-8(19)18-6-7-21-12(20)11(14)9-2-4-10(5-3-9)13(15,16)17;1-8(19)18-5-6-21-12(20)11(14)9-3-2-4-10(7-9)13(15,16)17;1-8(16)15-5-6-18-12(17)11(13)9-3-2-4-10(14)7-9;1-9(15)14-7-8-17-12(16)11(13)10-5-3-2-4-6-10/h2-5,11H,6-7H2,1H3,(H,18,19);2-4,7,11H,5-6H2,1H3,(H,18,19);2-4,7,11H,5-6H2,1H3,(H,15,16);2-6,11H,7-8H2,1H3,(H,14,15). The van der Waals surface area contributed by atoms with Gasteiger partial charge >= 0.3 is 36.2 Å². The summed E-state index contributed by atoms with van der Waals surface area (Å²) in [6.45, 7) is 6.66. The molecule has 4 aromatic carbocycles. The van der Waals surface area contributed by atoms with E-state index in [9.17, 15) is 64.7 Å². The smallest absolute Gasteiger partial charge is 0.416 e. The van der Waals surface area contributed by atoms with E-state index in [4.69, 9.17) is 30.5 Å². The Hall–Kier alpha value is -5.57. The number of rotatable bonds is 20. The van der Waals surface area contributed by atoms with Crippen LogP contribution in [0.2, 0.25) is 5.02 Å². The lowest BCUT2D eigenvalue weighted by molar-refractivity contribution is -0.144. The van der Waals surface area contributed by atoms with Gasteiger partial charge in [-0.3, -0.25) is 38.4 Å². The number of carbonyl (C=O) groups excluding carboxylic acids is 8. The molecule has 0 bridgehead atoms. The fourth-order valence-corrected chi connectivity index (χ4v) is 7.26. The molecule has 0 radical (unpaired) electrons. The van der Waals surface area contributed by atoms with Crippen molar-refractivity contribution in [3.63, 3.8) is 0 Å². The summed E-state index contributed by atoms with van der Waals surface area (Å²) in [4.78, 5) is 86.1. The molecule has 0 fully saturated rings. The molecule has 4 unspecified atom stereocenters. The number of alkyl halides is 10. The van der Waals surface area contributed by atoms with Crippen molar-refractivity contribution >= 4 is 123 Å². The molecule has 0 aliphatic rings. The van der Waals surface area contributed by atoms with Gasteiger partial charge in [-0.15, -0.1) is 0 Å². The summed E-state index contributed by atoms with van der Waals surface area (Å²) in [6, 6.07) is 24.9. The molecule has 77 heavy (non-hydrogen) atoms. The zero-order chi connectivity index (χ0) is 58.3. The van der Waals surface area contributed by atoms with Crippen molar-refractivity contribution in [2.45, 2.75) is 59.4 Å². The van der Waals surface area contributed by atoms with E-state index in [-0.39, 0.29) is 74.7 Å². The summed E-state index contributed by atoms with van der Waals surface area (Å²) < 4.78 is 94.7. The summed E-state index contributed by atoms with van der Waals surface area (Å²) in [7, 11) is 0. The van der Waals surface area contributed by atoms with Crippen LogP contribution in [0.1, 0.15) is 80.4 Å². The number of hydrogen-bond donors (Lipinski definition) is 4. The fraction of sp³-hybridized carbons (Fsp3) is 0.360. The highest BCUT2D eigenvalue weighted by Gasteiger charge is 2.32. The first kappa shape index (κ1) is 69.4. The van der Waals surface area contributed by atoms with Crippen LogP contribution in [0.15, 0.2) is 103 Å². The zero-order valence-electron chi connectivity index (χ0n) is 41.3. The second kappa shape index (κ2) is 36.5. The van der Waals surface area contributed by atoms with Gasteiger partial charge in [-0.1, -0.05) is 148 Å². The van der Waals surface area contributed by atoms with Crippen LogP contribution in [-0.2, 0) is 69.7 Å². The van der Waals surface area contributed by atoms with Crippen molar-refractivity contribution in [1.29, 1.82) is 0 Å². The van der Waals surface area contributed by atoms with Crippen LogP contribution in [-0.4, -0.2) is 100 Å². The van der Waals surface area contributed by atoms with Gasteiger partial charge in [-0.25, -0.2) is 0 Å². The van der Waals surface area contributed by atoms with E-state index in [1.165, 1.54) is 52.0 Å². The molecule has 16 nitrogen and oxygen atoms in total. The van der Waals surface area contributed by atoms with Crippen molar-refractivity contribution in [2.24, 2.45) is 0 Å². The first-order valence-corrected chi connectivity index (χ1v) is 26.4. The Morgan fingerprint density at radius 1 is 0.416 bits per heavy atom. The largest absolute Gasteiger partial charge is 0.463 e. The van der Waals surface area contributed by atoms with Crippen LogP contribution < -0.4 is 21.3 Å². The number of nitrogens with one attached hydrogen (secondary N) is 4. The summed E-state index contributed by atoms with van der Waals surface area (Å²) in [5, 5.41) is 10.5. The molecule has 0 aliphatic carbocycles. The quantitative estimate of drug-likeness (QED) is 0.0214. The first-order chi connectivity index (χ1) is 36.0. The third kappa shape index (κ3) is 30.2. The molecule has 0 spiro atoms. The lowest BCUT2D eigenvalue weighted by Gasteiger charge is -2.13. The van der Waals surface area contributed by atoms with E-state index in [2.05, 4.69) is 85.0 Å². The van der Waals surface area contributed by atoms with E-state index in [0.717, 1.165) is 35.4 Å². The Morgan fingerprint density at radius 2 is 0.714 bits per heavy atom. The van der Waals surface area contributed by atoms with Crippen LogP contribution in [0.3, 0.4) is 0 Å². The van der Waals surface area contributed by atoms with Gasteiger partial charge in [0.1, 0.15) is 45.7 Å². The highest BCUT2D eigenvalue weighted by Crippen LogP contribution is 2.34. The Morgan fingerprint density at radius 3 is 1.04 bits per heavy atom. The Balaban J connectivity index is 0.000000515. The molecule has 422 valence electrons. The van der Waals surface area contributed by atoms with Crippen LogP contribution in [0.25, 0.3) is 0 Å². The molecule has 0 heterocycles. The van der Waals surface area contributed by atoms with E-state index in [1.807, 2.05) is 30.3 Å². The topological polar surface area (TPSA) is 222 Å². The third-order valence-electron chi connectivity index (χ3n) is 8.98. The molecule has 4 rings (SSSR count). The predicted molar refractivity (Wildman–Crippen MR) is 286 cm³/mol. The van der Waals surface area contributed by atoms with Crippen molar-refractivity contribution in [1.82, 2.24) is 21.3 Å². The van der Waals surface area contributed by atoms with Crippen LogP contribution in [0, 0.1) is 0 Å². The van der Waals surface area contributed by atoms with Crippen molar-refractivity contribution in [3.8, 4) is 0 Å². The van der Waals surface area contributed by atoms with Crippen LogP contribution >= 0.6 is 75.3 Å². The third-order valence-corrected chi connectivity index (χ3v) is 12.8. The Kier molecular flexibility index (Phi) is 32.9. The molecular formula is C50H53Br4ClF6N4O12. The molecule has 4 aromatic rings. The van der Waals surface area contributed by atoms with Gasteiger partial charge in [0.15, 0.2) is 0 Å². The number of hydrogen-bond acceptors (Lipinski definition) is 12. The lowest BCUT2D eigenvalue weighted by atomic mass is 10.1. The summed E-state index contributed by atoms with van der Waals surface area (Å²) in [5.74, 6) is -2.94. The van der Waals surface area contributed by atoms with Gasteiger partial charge in [-0.05, 0) is 52.6 Å². The van der Waals surface area contributed by atoms with E-state index in [0.29, 0.717) is 23.7 Å². The zero-order valence-corrected chi connectivity index (χ0v) is 48.4. The molecule has 0 saturated carbocycles. The van der Waals surface area contributed by atoms with Gasteiger partial charge in [0.2, 0.25) is 23.6 Å². The fourth-order valence-electron chi connectivity index (χ4n) is 5.35. The van der Waals surface area contributed by atoms with E-state index < -0.39 is 60.7 Å². The number of ether oxygens (including phenoxy) is 4. The molecular weight excluding hydrogens is 1320 g/mol. The average Bonchev–Trinajstić information content (AvgIpc) is 3.38. The normalized spacial score (nSPS) is 12.2. The second-order valence-electron chi connectivity index (χ2n) is 15.3. The number of amides is 4. The molecule has 0 saturated heterocycles. The number of esters is 4. The van der Waals surface area contributed by atoms with E-state index >= 15 is 0 Å². The van der Waals surface area contributed by atoms with E-state index in [1.54, 1.807) is 24.3 Å². The molecule has 0 aliphatic heterocycles. The number of carbonyl (C=O) groups is 8. The van der Waals surface area contributed by atoms with Gasteiger partial charge in [-0.2, -0.15) is 26.3 Å². The Bertz CT molecular complexity index is 2540. The van der Waals surface area contributed by atoms with Crippen LogP contribution in [0.5, 0.6) is 0 Å². The lowest BCUT2D eigenvalue weighted by Crippen LogP contribution is -2.26. The maximum Gasteiger partial charge on any atom is 0.416 e. The maximum absolute atomic E-state index is 12.6. The number of benzene rings is 4. The first-order valence-electron chi connectivity index (χ1n) is 22.4. The minimum Gasteiger partial charge on any atom is -0.463 e. The highest BCUT2D eigenvalue weighted by molar-refractivity contribution is 9.10. The molecule has 27 heteroatoms. The minimum atomic E-state index is -4.47. The maximum atomic E-state index is 12.6. The molecule has 4 atom stereocenters. The van der Waals surface area contributed by atoms with Gasteiger partial charge < -0.3 is 40.2 Å². The van der Waals surface area contributed by atoms with Crippen molar-refractivity contribution in [2.75, 3.05) is 52.6 Å².